The number of ether oxygens (including phenoxy) is 1. The number of cyclic esters (lactones) is 1. The van der Waals surface area contributed by atoms with Gasteiger partial charge in [-0.3, -0.25) is 4.90 Å². The van der Waals surface area contributed by atoms with Crippen LogP contribution in [0.25, 0.3) is 0 Å². The normalized spacial score (nSPS) is 28.4. The molecule has 1 aliphatic carbocycles. The Hall–Kier alpha value is -1.76. The number of rotatable bonds is 4. The second kappa shape index (κ2) is 4.62. The summed E-state index contributed by atoms with van der Waals surface area (Å²) in [5, 5.41) is 0. The number of hydrogen-bond acceptors (Lipinski definition) is 5. The molecule has 2 atom stereocenters. The van der Waals surface area contributed by atoms with Crippen LogP contribution in [0.5, 0.6) is 5.75 Å². The van der Waals surface area contributed by atoms with Crippen molar-refractivity contribution in [3.8, 4) is 5.75 Å². The van der Waals surface area contributed by atoms with Crippen molar-refractivity contribution >= 4 is 21.9 Å². The molecule has 3 rings (SSSR count). The van der Waals surface area contributed by atoms with Crippen LogP contribution in [0.2, 0.25) is 0 Å². The van der Waals surface area contributed by atoms with Crippen molar-refractivity contribution in [1.29, 1.82) is 0 Å². The highest BCUT2D eigenvalue weighted by molar-refractivity contribution is 7.88. The fourth-order valence-corrected chi connectivity index (χ4v) is 3.93. The zero-order chi connectivity index (χ0) is 15.3. The van der Waals surface area contributed by atoms with Gasteiger partial charge in [-0.15, -0.1) is 0 Å². The first-order valence-electron chi connectivity index (χ1n) is 6.82. The average Bonchev–Trinajstić information content (AvgIpc) is 2.84. The van der Waals surface area contributed by atoms with Crippen molar-refractivity contribution in [2.45, 2.75) is 25.0 Å². The Morgan fingerprint density at radius 1 is 1.33 bits per heavy atom. The van der Waals surface area contributed by atoms with Gasteiger partial charge in [-0.05, 0) is 43.5 Å². The maximum absolute atomic E-state index is 12.2. The summed E-state index contributed by atoms with van der Waals surface area (Å²) >= 11 is 0. The van der Waals surface area contributed by atoms with E-state index in [0.717, 1.165) is 0 Å². The highest BCUT2D eigenvalue weighted by atomic mass is 32.2. The Morgan fingerprint density at radius 2 is 1.95 bits per heavy atom. The van der Waals surface area contributed by atoms with E-state index in [1.165, 1.54) is 4.90 Å². The molecular weight excluding hydrogens is 294 g/mol. The molecule has 6 nitrogen and oxygen atoms in total. The number of hydrogen-bond donors (Lipinski definition) is 0. The molecule has 1 aliphatic heterocycles. The lowest BCUT2D eigenvalue weighted by molar-refractivity contribution is 0.181. The van der Waals surface area contributed by atoms with E-state index in [1.807, 2.05) is 6.92 Å². The van der Waals surface area contributed by atoms with Crippen molar-refractivity contribution in [1.82, 2.24) is 0 Å². The molecule has 2 aliphatic rings. The van der Waals surface area contributed by atoms with Crippen LogP contribution >= 0.6 is 0 Å². The number of carbonyl (C=O) groups excluding carboxylic acids is 1. The Labute approximate surface area is 123 Å². The first-order valence-corrected chi connectivity index (χ1v) is 8.23. The molecule has 0 bridgehead atoms. The predicted octanol–water partition coefficient (Wildman–Crippen LogP) is 2.15. The zero-order valence-electron chi connectivity index (χ0n) is 11.9. The maximum Gasteiger partial charge on any atom is 0.414 e. The van der Waals surface area contributed by atoms with Gasteiger partial charge in [0.25, 0.3) is 0 Å². The molecule has 1 heterocycles. The molecule has 0 spiro atoms. The van der Waals surface area contributed by atoms with Crippen LogP contribution in [0, 0.1) is 5.92 Å². The van der Waals surface area contributed by atoms with Crippen LogP contribution in [-0.4, -0.2) is 32.4 Å². The second-order valence-electron chi connectivity index (χ2n) is 5.72. The number of amides is 1. The minimum Gasteiger partial charge on any atom is -0.447 e. The summed E-state index contributed by atoms with van der Waals surface area (Å²) in [5.41, 5.74) is 0.660. The number of benzene rings is 1. The summed E-state index contributed by atoms with van der Waals surface area (Å²) < 4.78 is 33.6. The summed E-state index contributed by atoms with van der Waals surface area (Å²) in [5.74, 6) is 0.368. The first kappa shape index (κ1) is 14.2. The summed E-state index contributed by atoms with van der Waals surface area (Å²) in [7, 11) is -3.64. The van der Waals surface area contributed by atoms with Crippen LogP contribution in [0.3, 0.4) is 0 Å². The lowest BCUT2D eigenvalue weighted by Gasteiger charge is -2.15. The van der Waals surface area contributed by atoms with E-state index in [1.54, 1.807) is 31.2 Å². The van der Waals surface area contributed by atoms with Gasteiger partial charge in [0.15, 0.2) is 0 Å². The van der Waals surface area contributed by atoms with E-state index in [9.17, 15) is 13.2 Å². The van der Waals surface area contributed by atoms with Gasteiger partial charge in [-0.1, -0.05) is 6.92 Å². The maximum atomic E-state index is 12.2. The van der Waals surface area contributed by atoms with Gasteiger partial charge in [0.1, 0.15) is 17.1 Å². The lowest BCUT2D eigenvalue weighted by Crippen LogP contribution is -2.26. The molecule has 1 aromatic rings. The summed E-state index contributed by atoms with van der Waals surface area (Å²) in [6.07, 6.45) is 0.225. The van der Waals surface area contributed by atoms with Gasteiger partial charge in [-0.2, -0.15) is 8.42 Å². The summed E-state index contributed by atoms with van der Waals surface area (Å²) in [4.78, 5) is 12.9. The number of nitrogens with zero attached hydrogens (tertiary/aromatic N) is 1. The average molecular weight is 311 g/mol. The van der Waals surface area contributed by atoms with Crippen LogP contribution in [0.1, 0.15) is 20.3 Å². The van der Waals surface area contributed by atoms with Gasteiger partial charge in [0.2, 0.25) is 0 Å². The van der Waals surface area contributed by atoms with Crippen LogP contribution in [0.15, 0.2) is 24.3 Å². The molecule has 7 heteroatoms. The smallest absolute Gasteiger partial charge is 0.414 e. The monoisotopic (exact) mass is 311 g/mol. The Kier molecular flexibility index (Phi) is 3.12. The van der Waals surface area contributed by atoms with Gasteiger partial charge >= 0.3 is 16.2 Å². The third-order valence-electron chi connectivity index (χ3n) is 4.28. The van der Waals surface area contributed by atoms with Crippen molar-refractivity contribution < 1.29 is 22.1 Å². The predicted molar refractivity (Wildman–Crippen MR) is 76.9 cm³/mol. The van der Waals surface area contributed by atoms with Gasteiger partial charge in [0, 0.05) is 5.69 Å². The minimum atomic E-state index is -3.64. The van der Waals surface area contributed by atoms with Crippen molar-refractivity contribution in [2.24, 2.45) is 5.92 Å². The molecule has 21 heavy (non-hydrogen) atoms. The van der Waals surface area contributed by atoms with E-state index in [2.05, 4.69) is 0 Å². The first-order chi connectivity index (χ1) is 9.83. The topological polar surface area (TPSA) is 72.9 Å². The molecule has 1 saturated heterocycles. The number of carbonyl (C=O) groups is 1. The van der Waals surface area contributed by atoms with Crippen LogP contribution in [-0.2, 0) is 14.9 Å². The third-order valence-corrected chi connectivity index (χ3v) is 6.40. The summed E-state index contributed by atoms with van der Waals surface area (Å²) in [6, 6.07) is 6.40. The molecule has 0 N–H and O–H groups in total. The zero-order valence-corrected chi connectivity index (χ0v) is 12.7. The fourth-order valence-electron chi connectivity index (χ4n) is 2.43. The molecule has 1 amide bonds. The second-order valence-corrected chi connectivity index (χ2v) is 7.72. The molecular formula is C14H17NO5S. The fraction of sp³-hybridized carbons (Fsp3) is 0.500. The SMILES string of the molecule is C[C@@H]1C[C@@]1(C)S(=O)(=O)Oc1ccc(N2CCOC2=O)cc1. The Bertz CT molecular complexity index is 669. The largest absolute Gasteiger partial charge is 0.447 e. The molecule has 114 valence electrons. The van der Waals surface area contributed by atoms with Gasteiger partial charge in [0.05, 0.1) is 6.54 Å². The minimum absolute atomic E-state index is 0.112. The third kappa shape index (κ3) is 2.35. The molecule has 1 saturated carbocycles. The molecule has 0 radical (unpaired) electrons. The van der Waals surface area contributed by atoms with E-state index >= 15 is 0 Å². The summed E-state index contributed by atoms with van der Waals surface area (Å²) in [6.45, 7) is 4.44. The molecule has 0 aromatic heterocycles. The number of anilines is 1. The molecule has 0 unspecified atom stereocenters. The van der Waals surface area contributed by atoms with Crippen molar-refractivity contribution in [3.63, 3.8) is 0 Å². The highest BCUT2D eigenvalue weighted by Gasteiger charge is 2.59. The van der Waals surface area contributed by atoms with Gasteiger partial charge in [-0.25, -0.2) is 4.79 Å². The van der Waals surface area contributed by atoms with E-state index < -0.39 is 21.0 Å². The highest BCUT2D eigenvalue weighted by Crippen LogP contribution is 2.50. The van der Waals surface area contributed by atoms with Crippen LogP contribution in [0.4, 0.5) is 10.5 Å². The van der Waals surface area contributed by atoms with Gasteiger partial charge < -0.3 is 8.92 Å². The molecule has 1 aromatic carbocycles. The standard InChI is InChI=1S/C14H17NO5S/c1-10-9-14(10,2)21(17,18)20-12-5-3-11(4-6-12)15-7-8-19-13(15)16/h3-6,10H,7-9H2,1-2H3/t10-,14-/m1/s1. The Balaban J connectivity index is 1.75. The molecule has 2 fully saturated rings. The van der Waals surface area contributed by atoms with E-state index in [-0.39, 0.29) is 11.7 Å². The lowest BCUT2D eigenvalue weighted by atomic mass is 10.3. The Morgan fingerprint density at radius 3 is 2.43 bits per heavy atom. The van der Waals surface area contributed by atoms with Crippen molar-refractivity contribution in [2.75, 3.05) is 18.1 Å². The van der Waals surface area contributed by atoms with Crippen molar-refractivity contribution in [3.05, 3.63) is 24.3 Å². The van der Waals surface area contributed by atoms with Crippen LogP contribution < -0.4 is 9.08 Å². The van der Waals surface area contributed by atoms with E-state index in [0.29, 0.717) is 25.3 Å². The quantitative estimate of drug-likeness (QED) is 0.797. The van der Waals surface area contributed by atoms with E-state index in [4.69, 9.17) is 8.92 Å².